The van der Waals surface area contributed by atoms with Gasteiger partial charge < -0.3 is 0 Å². The van der Waals surface area contributed by atoms with E-state index in [1.165, 1.54) is 0 Å². The van der Waals surface area contributed by atoms with Crippen molar-refractivity contribution in [1.29, 1.82) is 0 Å². The topological polar surface area (TPSA) is 43.1 Å². The number of rotatable bonds is 1. The highest BCUT2D eigenvalue weighted by Gasteiger charge is 2.25. The van der Waals surface area contributed by atoms with Crippen LogP contribution in [-0.4, -0.2) is 11.0 Å². The molecule has 1 aliphatic carbocycles. The number of hydrogen-bond acceptors (Lipinski definition) is 2. The summed E-state index contributed by atoms with van der Waals surface area (Å²) in [5.74, 6) is 0.705. The average Bonchev–Trinajstić information content (AvgIpc) is 1.88. The summed E-state index contributed by atoms with van der Waals surface area (Å²) in [6.45, 7) is 2.16. The molecule has 0 spiro atoms. The van der Waals surface area contributed by atoms with Crippen molar-refractivity contribution in [2.75, 3.05) is 0 Å². The summed E-state index contributed by atoms with van der Waals surface area (Å²) in [5, 5.41) is 10.3. The van der Waals surface area contributed by atoms with Gasteiger partial charge in [-0.1, -0.05) is 6.92 Å². The van der Waals surface area contributed by atoms with Crippen LogP contribution in [0.2, 0.25) is 0 Å². The van der Waals surface area contributed by atoms with E-state index in [1.807, 2.05) is 0 Å². The predicted molar refractivity (Wildman–Crippen MR) is 38.4 cm³/mol. The molecule has 1 fully saturated rings. The molecule has 3 nitrogen and oxygen atoms in total. The van der Waals surface area contributed by atoms with Gasteiger partial charge >= 0.3 is 0 Å². The van der Waals surface area contributed by atoms with Gasteiger partial charge in [0.05, 0.1) is 0 Å². The van der Waals surface area contributed by atoms with Gasteiger partial charge in [0.1, 0.15) is 0 Å². The zero-order chi connectivity index (χ0) is 7.56. The largest absolute Gasteiger partial charge is 0.264 e. The predicted octanol–water partition coefficient (Wildman–Crippen LogP) is 1.84. The van der Waals surface area contributed by atoms with E-state index in [-0.39, 0.29) is 11.0 Å². The lowest BCUT2D eigenvalue weighted by Gasteiger charge is -2.19. The summed E-state index contributed by atoms with van der Waals surface area (Å²) in [6.07, 6.45) is 3.64. The Hall–Kier alpha value is -0.600. The fraction of sp³-hybridized carbons (Fsp3) is 1.00. The second-order valence-electron chi connectivity index (χ2n) is 3.20. The maximum atomic E-state index is 10.3. The van der Waals surface area contributed by atoms with E-state index in [2.05, 4.69) is 6.92 Å². The van der Waals surface area contributed by atoms with Gasteiger partial charge in [-0.3, -0.25) is 10.1 Å². The van der Waals surface area contributed by atoms with Crippen LogP contribution in [0.25, 0.3) is 0 Å². The van der Waals surface area contributed by atoms with Crippen LogP contribution >= 0.6 is 0 Å². The van der Waals surface area contributed by atoms with Gasteiger partial charge in [-0.15, -0.1) is 0 Å². The molecule has 3 heteroatoms. The Bertz CT molecular complexity index is 128. The van der Waals surface area contributed by atoms with E-state index < -0.39 is 0 Å². The van der Waals surface area contributed by atoms with Crippen molar-refractivity contribution in [3.05, 3.63) is 10.1 Å². The monoisotopic (exact) mass is 143 g/mol. The molecule has 10 heavy (non-hydrogen) atoms. The molecule has 0 aromatic rings. The first-order valence-electron chi connectivity index (χ1n) is 3.83. The Balaban J connectivity index is 2.33. The van der Waals surface area contributed by atoms with Gasteiger partial charge in [0.2, 0.25) is 6.04 Å². The first kappa shape index (κ1) is 7.51. The third kappa shape index (κ3) is 1.69. The fourth-order valence-corrected chi connectivity index (χ4v) is 1.45. The molecule has 0 aromatic heterocycles. The minimum Gasteiger partial charge on any atom is -0.264 e. The first-order chi connectivity index (χ1) is 4.70. The molecule has 0 atom stereocenters. The number of hydrogen-bond donors (Lipinski definition) is 0. The summed E-state index contributed by atoms with van der Waals surface area (Å²) in [4.78, 5) is 10.1. The Morgan fingerprint density at radius 2 is 1.80 bits per heavy atom. The van der Waals surface area contributed by atoms with Crippen LogP contribution in [0.4, 0.5) is 0 Å². The van der Waals surface area contributed by atoms with Crippen LogP contribution in [0.15, 0.2) is 0 Å². The molecule has 58 valence electrons. The molecule has 0 radical (unpaired) electrons. The molecule has 0 amide bonds. The molecule has 0 aliphatic heterocycles. The maximum Gasteiger partial charge on any atom is 0.213 e. The van der Waals surface area contributed by atoms with Gasteiger partial charge in [0, 0.05) is 17.8 Å². The molecule has 0 N–H and O–H groups in total. The second kappa shape index (κ2) is 2.99. The zero-order valence-electron chi connectivity index (χ0n) is 6.25. The molecular formula is C7H13NO2. The van der Waals surface area contributed by atoms with Crippen LogP contribution in [0.3, 0.4) is 0 Å². The van der Waals surface area contributed by atoms with Gasteiger partial charge in [0.15, 0.2) is 0 Å². The number of nitro groups is 1. The van der Waals surface area contributed by atoms with Crippen LogP contribution in [-0.2, 0) is 0 Å². The lowest BCUT2D eigenvalue weighted by atomic mass is 9.88. The van der Waals surface area contributed by atoms with Crippen molar-refractivity contribution >= 4 is 0 Å². The first-order valence-corrected chi connectivity index (χ1v) is 3.83. The van der Waals surface area contributed by atoms with E-state index in [4.69, 9.17) is 0 Å². The van der Waals surface area contributed by atoms with Crippen molar-refractivity contribution in [1.82, 2.24) is 0 Å². The highest BCUT2D eigenvalue weighted by molar-refractivity contribution is 4.68. The quantitative estimate of drug-likeness (QED) is 0.415. The second-order valence-corrected chi connectivity index (χ2v) is 3.20. The van der Waals surface area contributed by atoms with E-state index in [9.17, 15) is 10.1 Å². The maximum absolute atomic E-state index is 10.3. The normalized spacial score (nSPS) is 33.7. The van der Waals surface area contributed by atoms with Crippen molar-refractivity contribution in [2.24, 2.45) is 5.92 Å². The van der Waals surface area contributed by atoms with E-state index >= 15 is 0 Å². The lowest BCUT2D eigenvalue weighted by Crippen LogP contribution is -2.24. The molecule has 0 unspecified atom stereocenters. The van der Waals surface area contributed by atoms with Crippen LogP contribution in [0, 0.1) is 16.0 Å². The van der Waals surface area contributed by atoms with Crippen molar-refractivity contribution < 1.29 is 4.92 Å². The fourth-order valence-electron chi connectivity index (χ4n) is 1.45. The Morgan fingerprint density at radius 3 is 2.20 bits per heavy atom. The van der Waals surface area contributed by atoms with Crippen LogP contribution < -0.4 is 0 Å². The Kier molecular flexibility index (Phi) is 2.25. The number of nitrogens with zero attached hydrogens (tertiary/aromatic N) is 1. The van der Waals surface area contributed by atoms with Gasteiger partial charge in [0.25, 0.3) is 0 Å². The molecule has 1 aliphatic rings. The Morgan fingerprint density at radius 1 is 1.30 bits per heavy atom. The highest BCUT2D eigenvalue weighted by Crippen LogP contribution is 2.24. The molecule has 1 rings (SSSR count). The highest BCUT2D eigenvalue weighted by atomic mass is 16.6. The molecule has 0 aromatic carbocycles. The standard InChI is InChI=1S/C7H13NO2/c1-6-2-4-7(5-3-6)8(9)10/h6-7H,2-5H2,1H3/t6-,7+. The van der Waals surface area contributed by atoms with Gasteiger partial charge in [-0.05, 0) is 18.8 Å². The zero-order valence-corrected chi connectivity index (χ0v) is 6.25. The molecule has 0 heterocycles. The molecule has 0 bridgehead atoms. The van der Waals surface area contributed by atoms with Crippen LogP contribution in [0.1, 0.15) is 32.6 Å². The lowest BCUT2D eigenvalue weighted by molar-refractivity contribution is -0.526. The van der Waals surface area contributed by atoms with Gasteiger partial charge in [-0.25, -0.2) is 0 Å². The molecule has 1 saturated carbocycles. The van der Waals surface area contributed by atoms with E-state index in [0.717, 1.165) is 25.7 Å². The summed E-state index contributed by atoms with van der Waals surface area (Å²) in [5.41, 5.74) is 0. The minimum atomic E-state index is -0.240. The van der Waals surface area contributed by atoms with Crippen molar-refractivity contribution in [3.8, 4) is 0 Å². The minimum absolute atomic E-state index is 0.133. The van der Waals surface area contributed by atoms with Crippen molar-refractivity contribution in [2.45, 2.75) is 38.6 Å². The summed E-state index contributed by atoms with van der Waals surface area (Å²) in [7, 11) is 0. The van der Waals surface area contributed by atoms with Gasteiger partial charge in [-0.2, -0.15) is 0 Å². The Labute approximate surface area is 60.6 Å². The van der Waals surface area contributed by atoms with Crippen molar-refractivity contribution in [3.63, 3.8) is 0 Å². The summed E-state index contributed by atoms with van der Waals surface area (Å²) >= 11 is 0. The third-order valence-corrected chi connectivity index (χ3v) is 2.28. The summed E-state index contributed by atoms with van der Waals surface area (Å²) < 4.78 is 0. The third-order valence-electron chi connectivity index (χ3n) is 2.28. The van der Waals surface area contributed by atoms with E-state index in [1.54, 1.807) is 0 Å². The molecular weight excluding hydrogens is 130 g/mol. The average molecular weight is 143 g/mol. The van der Waals surface area contributed by atoms with Crippen LogP contribution in [0.5, 0.6) is 0 Å². The van der Waals surface area contributed by atoms with E-state index in [0.29, 0.717) is 5.92 Å². The molecule has 0 saturated heterocycles. The SMILES string of the molecule is C[C@H]1CC[C@@H]([N+](=O)[O-])CC1. The summed E-state index contributed by atoms with van der Waals surface area (Å²) in [6, 6.07) is -0.240. The smallest absolute Gasteiger partial charge is 0.213 e.